The molecule has 3 atom stereocenters. The maximum atomic E-state index is 11.9. The molecule has 28 heavy (non-hydrogen) atoms. The molecule has 2 rings (SSSR count). The van der Waals surface area contributed by atoms with Crippen LogP contribution in [0.5, 0.6) is 0 Å². The van der Waals surface area contributed by atoms with Crippen LogP contribution >= 0.6 is 0 Å². The Kier molecular flexibility index (Phi) is 9.57. The Labute approximate surface area is 163 Å². The van der Waals surface area contributed by atoms with Gasteiger partial charge in [0.05, 0.1) is 12.2 Å². The number of carbonyl (C=O) groups excluding carboxylic acids is 1. The average molecular weight is 397 g/mol. The van der Waals surface area contributed by atoms with Gasteiger partial charge in [-0.2, -0.15) is 0 Å². The lowest BCUT2D eigenvalue weighted by Crippen LogP contribution is -2.39. The van der Waals surface area contributed by atoms with Crippen LogP contribution in [0.1, 0.15) is 47.2 Å². The van der Waals surface area contributed by atoms with E-state index in [-0.39, 0.29) is 5.97 Å². The number of aliphatic hydroxyl groups is 2. The molecular weight excluding hydrogens is 370 g/mol. The van der Waals surface area contributed by atoms with E-state index in [1.165, 1.54) is 18.4 Å². The van der Waals surface area contributed by atoms with E-state index in [1.807, 2.05) is 26.0 Å². The SMILES string of the molecule is CCOC(=O)c1cc([C@@H]2CCCNC2)ccc1C.O=C(O)[C@H](O)[C@@H](O)C(=O)O. The van der Waals surface area contributed by atoms with E-state index in [9.17, 15) is 14.4 Å². The Hall–Kier alpha value is -2.49. The van der Waals surface area contributed by atoms with Crippen LogP contribution in [-0.2, 0) is 14.3 Å². The van der Waals surface area contributed by atoms with E-state index >= 15 is 0 Å². The van der Waals surface area contributed by atoms with Crippen LogP contribution in [0, 0.1) is 6.92 Å². The van der Waals surface area contributed by atoms with Gasteiger partial charge < -0.3 is 30.5 Å². The number of ether oxygens (including phenoxy) is 1. The molecule has 0 radical (unpaired) electrons. The number of carbonyl (C=O) groups is 3. The Morgan fingerprint density at radius 1 is 1.18 bits per heavy atom. The molecule has 0 aromatic heterocycles. The molecule has 0 unspecified atom stereocenters. The first-order valence-electron chi connectivity index (χ1n) is 8.99. The third-order valence-corrected chi connectivity index (χ3v) is 4.33. The zero-order valence-corrected chi connectivity index (χ0v) is 15.9. The van der Waals surface area contributed by atoms with E-state index < -0.39 is 24.1 Å². The van der Waals surface area contributed by atoms with Gasteiger partial charge in [0.1, 0.15) is 0 Å². The number of rotatable bonds is 6. The van der Waals surface area contributed by atoms with E-state index in [2.05, 4.69) is 11.4 Å². The van der Waals surface area contributed by atoms with Crippen molar-refractivity contribution in [3.8, 4) is 0 Å². The number of aryl methyl sites for hydroxylation is 1. The molecule has 1 heterocycles. The number of esters is 1. The van der Waals surface area contributed by atoms with Crippen LogP contribution in [0.25, 0.3) is 0 Å². The maximum absolute atomic E-state index is 11.9. The van der Waals surface area contributed by atoms with Crippen molar-refractivity contribution in [2.24, 2.45) is 0 Å². The van der Waals surface area contributed by atoms with Crippen molar-refractivity contribution in [2.75, 3.05) is 19.7 Å². The van der Waals surface area contributed by atoms with E-state index in [0.717, 1.165) is 18.7 Å². The minimum Gasteiger partial charge on any atom is -0.479 e. The lowest BCUT2D eigenvalue weighted by molar-refractivity contribution is -0.165. The van der Waals surface area contributed by atoms with E-state index in [1.54, 1.807) is 0 Å². The van der Waals surface area contributed by atoms with Gasteiger partial charge in [0, 0.05) is 6.54 Å². The second-order valence-corrected chi connectivity index (χ2v) is 6.40. The number of benzene rings is 1. The van der Waals surface area contributed by atoms with E-state index in [4.69, 9.17) is 25.2 Å². The zero-order chi connectivity index (χ0) is 21.3. The molecule has 0 amide bonds. The van der Waals surface area contributed by atoms with Crippen molar-refractivity contribution >= 4 is 17.9 Å². The predicted molar refractivity (Wildman–Crippen MR) is 99.3 cm³/mol. The van der Waals surface area contributed by atoms with Crippen molar-refractivity contribution < 1.29 is 39.5 Å². The monoisotopic (exact) mass is 397 g/mol. The second kappa shape index (κ2) is 11.4. The summed E-state index contributed by atoms with van der Waals surface area (Å²) in [5.74, 6) is -3.22. The average Bonchev–Trinajstić information content (AvgIpc) is 2.68. The van der Waals surface area contributed by atoms with Crippen molar-refractivity contribution in [3.05, 3.63) is 34.9 Å². The first-order chi connectivity index (χ1) is 13.2. The highest BCUT2D eigenvalue weighted by Crippen LogP contribution is 2.25. The first kappa shape index (κ1) is 23.5. The first-order valence-corrected chi connectivity index (χ1v) is 8.99. The summed E-state index contributed by atoms with van der Waals surface area (Å²) >= 11 is 0. The Balaban J connectivity index is 0.000000336. The Bertz CT molecular complexity index is 667. The third kappa shape index (κ3) is 6.91. The van der Waals surface area contributed by atoms with Crippen LogP contribution in [0.3, 0.4) is 0 Å². The highest BCUT2D eigenvalue weighted by atomic mass is 16.5. The summed E-state index contributed by atoms with van der Waals surface area (Å²) < 4.78 is 5.10. The summed E-state index contributed by atoms with van der Waals surface area (Å²) in [5.41, 5.74) is 2.94. The number of aliphatic hydroxyl groups excluding tert-OH is 2. The van der Waals surface area contributed by atoms with Crippen molar-refractivity contribution in [3.63, 3.8) is 0 Å². The number of piperidine rings is 1. The number of hydrogen-bond donors (Lipinski definition) is 5. The predicted octanol–water partition coefficient (Wildman–Crippen LogP) is 0.516. The van der Waals surface area contributed by atoms with Gasteiger partial charge >= 0.3 is 17.9 Å². The van der Waals surface area contributed by atoms with Gasteiger partial charge in [0.2, 0.25) is 0 Å². The summed E-state index contributed by atoms with van der Waals surface area (Å²) in [5, 5.41) is 35.9. The second-order valence-electron chi connectivity index (χ2n) is 6.40. The fraction of sp³-hybridized carbons (Fsp3) is 0.526. The molecule has 0 saturated carbocycles. The molecule has 1 fully saturated rings. The maximum Gasteiger partial charge on any atom is 0.338 e. The highest BCUT2D eigenvalue weighted by molar-refractivity contribution is 5.91. The number of hydrogen-bond acceptors (Lipinski definition) is 7. The van der Waals surface area contributed by atoms with Crippen LogP contribution in [0.4, 0.5) is 0 Å². The summed E-state index contributed by atoms with van der Waals surface area (Å²) in [6.07, 6.45) is -2.14. The van der Waals surface area contributed by atoms with Crippen LogP contribution in [0.15, 0.2) is 18.2 Å². The summed E-state index contributed by atoms with van der Waals surface area (Å²) in [4.78, 5) is 31.4. The Morgan fingerprint density at radius 2 is 1.79 bits per heavy atom. The number of nitrogens with one attached hydrogen (secondary N) is 1. The fourth-order valence-corrected chi connectivity index (χ4v) is 2.73. The van der Waals surface area contributed by atoms with Crippen molar-refractivity contribution in [1.82, 2.24) is 5.32 Å². The number of carboxylic acid groups (broad SMARTS) is 2. The molecule has 0 spiro atoms. The number of carboxylic acids is 2. The molecule has 9 nitrogen and oxygen atoms in total. The minimum absolute atomic E-state index is 0.208. The minimum atomic E-state index is -2.27. The lowest BCUT2D eigenvalue weighted by Gasteiger charge is -2.23. The molecule has 5 N–H and O–H groups in total. The lowest BCUT2D eigenvalue weighted by atomic mass is 9.89. The van der Waals surface area contributed by atoms with Crippen LogP contribution < -0.4 is 5.32 Å². The quantitative estimate of drug-likeness (QED) is 0.432. The van der Waals surface area contributed by atoms with Gasteiger partial charge in [0.25, 0.3) is 0 Å². The summed E-state index contributed by atoms with van der Waals surface area (Å²) in [6, 6.07) is 6.16. The third-order valence-electron chi connectivity index (χ3n) is 4.33. The van der Waals surface area contributed by atoms with Gasteiger partial charge in [-0.05, 0) is 56.3 Å². The zero-order valence-electron chi connectivity index (χ0n) is 15.9. The molecule has 1 aliphatic heterocycles. The molecule has 0 aliphatic carbocycles. The smallest absolute Gasteiger partial charge is 0.338 e. The largest absolute Gasteiger partial charge is 0.479 e. The van der Waals surface area contributed by atoms with Crippen LogP contribution in [-0.4, -0.2) is 70.2 Å². The number of aliphatic carboxylic acids is 2. The summed E-state index contributed by atoms with van der Waals surface area (Å²) in [7, 11) is 0. The van der Waals surface area contributed by atoms with Crippen molar-refractivity contribution in [2.45, 2.75) is 44.8 Å². The molecule has 9 heteroatoms. The molecule has 0 bridgehead atoms. The van der Waals surface area contributed by atoms with Crippen molar-refractivity contribution in [1.29, 1.82) is 0 Å². The van der Waals surface area contributed by atoms with Gasteiger partial charge in [-0.1, -0.05) is 12.1 Å². The molecule has 1 aromatic carbocycles. The molecule has 1 saturated heterocycles. The van der Waals surface area contributed by atoms with Crippen LogP contribution in [0.2, 0.25) is 0 Å². The van der Waals surface area contributed by atoms with Gasteiger partial charge in [0.15, 0.2) is 12.2 Å². The topological polar surface area (TPSA) is 153 Å². The Morgan fingerprint density at radius 3 is 2.25 bits per heavy atom. The summed E-state index contributed by atoms with van der Waals surface area (Å²) in [6.45, 7) is 6.32. The normalized spacial score (nSPS) is 18.2. The molecule has 156 valence electrons. The molecule has 1 aromatic rings. The fourth-order valence-electron chi connectivity index (χ4n) is 2.73. The van der Waals surface area contributed by atoms with Gasteiger partial charge in [-0.3, -0.25) is 0 Å². The van der Waals surface area contributed by atoms with Gasteiger partial charge in [-0.15, -0.1) is 0 Å². The van der Waals surface area contributed by atoms with E-state index in [0.29, 0.717) is 18.1 Å². The standard InChI is InChI=1S/C15H21NO2.C4H6O6/c1-3-18-15(17)14-9-12(7-6-11(14)2)13-5-4-8-16-10-13;5-1(3(7)8)2(6)4(9)10/h6-7,9,13,16H,3-5,8,10H2,1-2H3;1-2,5-6H,(H,7,8)(H,9,10)/t13-;1-,2-/m11/s1. The molecule has 1 aliphatic rings. The van der Waals surface area contributed by atoms with Gasteiger partial charge in [-0.25, -0.2) is 14.4 Å². The molecular formula is C19H27NO8. The highest BCUT2D eigenvalue weighted by Gasteiger charge is 2.29.